The fourth-order valence-electron chi connectivity index (χ4n) is 3.90. The topological polar surface area (TPSA) is 98.3 Å². The van der Waals surface area contributed by atoms with Crippen molar-refractivity contribution in [1.82, 2.24) is 20.2 Å². The number of pyridine rings is 1. The molecule has 2 fully saturated rings. The van der Waals surface area contributed by atoms with E-state index in [1.165, 1.54) is 0 Å². The van der Waals surface area contributed by atoms with Crippen LogP contribution in [0.25, 0.3) is 11.0 Å². The highest BCUT2D eigenvalue weighted by Crippen LogP contribution is 2.45. The van der Waals surface area contributed by atoms with Gasteiger partial charge in [0.15, 0.2) is 0 Å². The zero-order valence-corrected chi connectivity index (χ0v) is 15.2. The molecule has 0 spiro atoms. The average Bonchev–Trinajstić information content (AvgIpc) is 2.97. The second-order valence-corrected chi connectivity index (χ2v) is 7.87. The highest BCUT2D eigenvalue weighted by atomic mass is 16.3. The van der Waals surface area contributed by atoms with Gasteiger partial charge in [0.05, 0.1) is 16.6 Å². The van der Waals surface area contributed by atoms with Crippen molar-refractivity contribution in [1.29, 1.82) is 0 Å². The number of aliphatic hydroxyl groups excluding tert-OH is 1. The molecule has 2 aromatic heterocycles. The van der Waals surface area contributed by atoms with E-state index in [-0.39, 0.29) is 35.6 Å². The molecule has 3 heterocycles. The summed E-state index contributed by atoms with van der Waals surface area (Å²) in [4.78, 5) is 34.1. The van der Waals surface area contributed by atoms with Gasteiger partial charge < -0.3 is 20.3 Å². The summed E-state index contributed by atoms with van der Waals surface area (Å²) in [6.07, 6.45) is 0.649. The van der Waals surface area contributed by atoms with Gasteiger partial charge in [0, 0.05) is 42.9 Å². The Morgan fingerprint density at radius 2 is 2.00 bits per heavy atom. The maximum absolute atomic E-state index is 12.7. The number of fused-ring (bicyclic) bond motifs is 2. The summed E-state index contributed by atoms with van der Waals surface area (Å²) in [5.74, 6) is 0.129. The Morgan fingerprint density at radius 3 is 2.65 bits per heavy atom. The van der Waals surface area contributed by atoms with Crippen molar-refractivity contribution >= 4 is 22.8 Å². The van der Waals surface area contributed by atoms with E-state index in [1.54, 1.807) is 6.20 Å². The monoisotopic (exact) mass is 356 g/mol. The van der Waals surface area contributed by atoms with Gasteiger partial charge in [-0.05, 0) is 25.0 Å². The molecule has 2 aromatic rings. The van der Waals surface area contributed by atoms with Crippen molar-refractivity contribution in [3.63, 3.8) is 0 Å². The van der Waals surface area contributed by atoms with Crippen molar-refractivity contribution in [2.75, 3.05) is 13.1 Å². The first-order chi connectivity index (χ1) is 12.3. The largest absolute Gasteiger partial charge is 0.383 e. The predicted octanol–water partition coefficient (Wildman–Crippen LogP) is 1.07. The third kappa shape index (κ3) is 2.86. The minimum atomic E-state index is -0.976. The molecule has 4 atom stereocenters. The lowest BCUT2D eigenvalue weighted by molar-refractivity contribution is -0.131. The van der Waals surface area contributed by atoms with Gasteiger partial charge in [-0.25, -0.2) is 0 Å². The standard InChI is InChI=1S/C19H24N4O3/c1-9(2)17(24)18(25)22-16-12-7-23(8-13(12)16)19(26)11-5-15-14(20-6-11)4-10(3)21-15/h4-6,9,12-13,16-17,21,24H,7-8H2,1-3H3,(H,22,25)/t12-,13+,16?,17-/m0/s1. The first-order valence-electron chi connectivity index (χ1n) is 9.08. The normalized spacial score (nSPS) is 25.4. The molecule has 26 heavy (non-hydrogen) atoms. The number of piperidine rings is 1. The molecule has 7 nitrogen and oxygen atoms in total. The summed E-state index contributed by atoms with van der Waals surface area (Å²) in [5, 5.41) is 12.7. The molecule has 1 aliphatic carbocycles. The summed E-state index contributed by atoms with van der Waals surface area (Å²) in [6, 6.07) is 3.87. The SMILES string of the molecule is Cc1cc2ncc(C(=O)N3C[C@@H]4C(NC(=O)[C@@H](O)C(C)C)[C@@H]4C3)cc2[nH]1. The van der Waals surface area contributed by atoms with E-state index in [9.17, 15) is 14.7 Å². The molecule has 1 saturated heterocycles. The number of H-pyrrole nitrogens is 1. The first-order valence-corrected chi connectivity index (χ1v) is 9.08. The van der Waals surface area contributed by atoms with Gasteiger partial charge in [0.1, 0.15) is 6.10 Å². The number of amides is 2. The molecule has 0 radical (unpaired) electrons. The van der Waals surface area contributed by atoms with Crippen molar-refractivity contribution in [2.24, 2.45) is 17.8 Å². The number of hydrogen-bond acceptors (Lipinski definition) is 4. The predicted molar refractivity (Wildman–Crippen MR) is 96.5 cm³/mol. The molecule has 0 aromatic carbocycles. The van der Waals surface area contributed by atoms with Crippen molar-refractivity contribution < 1.29 is 14.7 Å². The molecule has 138 valence electrons. The van der Waals surface area contributed by atoms with Crippen LogP contribution in [0.3, 0.4) is 0 Å². The van der Waals surface area contributed by atoms with E-state index in [2.05, 4.69) is 15.3 Å². The van der Waals surface area contributed by atoms with Crippen LogP contribution in [-0.4, -0.2) is 57.0 Å². The number of aromatic nitrogens is 2. The van der Waals surface area contributed by atoms with Crippen molar-refractivity contribution in [3.8, 4) is 0 Å². The molecule has 1 saturated carbocycles. The Balaban J connectivity index is 1.37. The Kier molecular flexibility index (Phi) is 3.99. The Bertz CT molecular complexity index is 863. The van der Waals surface area contributed by atoms with Crippen LogP contribution in [0.1, 0.15) is 29.9 Å². The van der Waals surface area contributed by atoms with Gasteiger partial charge in [-0.3, -0.25) is 14.6 Å². The van der Waals surface area contributed by atoms with Crippen LogP contribution in [0.15, 0.2) is 18.3 Å². The highest BCUT2D eigenvalue weighted by molar-refractivity contribution is 5.97. The number of nitrogens with zero attached hydrogens (tertiary/aromatic N) is 2. The number of rotatable bonds is 4. The fourth-order valence-corrected chi connectivity index (χ4v) is 3.90. The van der Waals surface area contributed by atoms with E-state index in [4.69, 9.17) is 0 Å². The molecule has 4 rings (SSSR count). The van der Waals surface area contributed by atoms with Crippen LogP contribution in [-0.2, 0) is 4.79 Å². The number of likely N-dealkylation sites (tertiary alicyclic amines) is 1. The molecular weight excluding hydrogens is 332 g/mol. The molecule has 2 amide bonds. The van der Waals surface area contributed by atoms with Crippen molar-refractivity contribution in [3.05, 3.63) is 29.6 Å². The van der Waals surface area contributed by atoms with E-state index >= 15 is 0 Å². The van der Waals surface area contributed by atoms with Gasteiger partial charge in [0.2, 0.25) is 5.91 Å². The maximum atomic E-state index is 12.7. The zero-order valence-electron chi connectivity index (χ0n) is 15.2. The van der Waals surface area contributed by atoms with Crippen LogP contribution in [0.5, 0.6) is 0 Å². The lowest BCUT2D eigenvalue weighted by Gasteiger charge is -2.21. The third-order valence-electron chi connectivity index (χ3n) is 5.54. The van der Waals surface area contributed by atoms with Gasteiger partial charge in [-0.1, -0.05) is 13.8 Å². The molecule has 7 heteroatoms. The Hall–Kier alpha value is -2.41. The Labute approximate surface area is 151 Å². The third-order valence-corrected chi connectivity index (χ3v) is 5.54. The first kappa shape index (κ1) is 17.0. The number of aliphatic hydroxyl groups is 1. The van der Waals surface area contributed by atoms with Gasteiger partial charge in [-0.2, -0.15) is 0 Å². The molecule has 3 N–H and O–H groups in total. The fraction of sp³-hybridized carbons (Fsp3) is 0.526. The second-order valence-electron chi connectivity index (χ2n) is 7.87. The zero-order chi connectivity index (χ0) is 18.6. The highest BCUT2D eigenvalue weighted by Gasteiger charge is 2.57. The molecule has 2 aliphatic rings. The minimum Gasteiger partial charge on any atom is -0.383 e. The Morgan fingerprint density at radius 1 is 1.31 bits per heavy atom. The van der Waals surface area contributed by atoms with E-state index < -0.39 is 6.10 Å². The van der Waals surface area contributed by atoms with Crippen LogP contribution in [0, 0.1) is 24.7 Å². The van der Waals surface area contributed by atoms with Crippen LogP contribution in [0.4, 0.5) is 0 Å². The number of carbonyl (C=O) groups is 2. The average molecular weight is 356 g/mol. The lowest BCUT2D eigenvalue weighted by Crippen LogP contribution is -2.42. The maximum Gasteiger partial charge on any atom is 0.255 e. The summed E-state index contributed by atoms with van der Waals surface area (Å²) in [5.41, 5.74) is 3.32. The number of carbonyl (C=O) groups excluding carboxylic acids is 2. The molecule has 1 aliphatic heterocycles. The smallest absolute Gasteiger partial charge is 0.255 e. The number of nitrogens with one attached hydrogen (secondary N) is 2. The lowest BCUT2D eigenvalue weighted by atomic mass is 10.1. The summed E-state index contributed by atoms with van der Waals surface area (Å²) < 4.78 is 0. The number of aryl methyl sites for hydroxylation is 1. The molecule has 0 bridgehead atoms. The van der Waals surface area contributed by atoms with Crippen LogP contribution in [0.2, 0.25) is 0 Å². The number of aromatic amines is 1. The van der Waals surface area contributed by atoms with Crippen LogP contribution < -0.4 is 5.32 Å². The molecular formula is C19H24N4O3. The summed E-state index contributed by atoms with van der Waals surface area (Å²) in [6.45, 7) is 6.85. The summed E-state index contributed by atoms with van der Waals surface area (Å²) >= 11 is 0. The van der Waals surface area contributed by atoms with Crippen LogP contribution >= 0.6 is 0 Å². The van der Waals surface area contributed by atoms with Gasteiger partial charge >= 0.3 is 0 Å². The van der Waals surface area contributed by atoms with Gasteiger partial charge in [0.25, 0.3) is 5.91 Å². The molecule has 1 unspecified atom stereocenters. The van der Waals surface area contributed by atoms with E-state index in [1.807, 2.05) is 37.8 Å². The van der Waals surface area contributed by atoms with Crippen molar-refractivity contribution in [2.45, 2.75) is 32.9 Å². The second kappa shape index (κ2) is 6.09. The van der Waals surface area contributed by atoms with Gasteiger partial charge in [-0.15, -0.1) is 0 Å². The minimum absolute atomic E-state index is 0.0221. The number of hydrogen-bond donors (Lipinski definition) is 3. The van der Waals surface area contributed by atoms with E-state index in [0.29, 0.717) is 18.7 Å². The quantitative estimate of drug-likeness (QED) is 0.763. The van der Waals surface area contributed by atoms with E-state index in [0.717, 1.165) is 16.7 Å². The summed E-state index contributed by atoms with van der Waals surface area (Å²) in [7, 11) is 0.